The Hall–Kier alpha value is -2.63. The average Bonchev–Trinajstić information content (AvgIpc) is 2.74. The second-order valence-corrected chi connectivity index (χ2v) is 12.0. The summed E-state index contributed by atoms with van der Waals surface area (Å²) in [4.78, 5) is 12.5. The first-order chi connectivity index (χ1) is 15.3. The molecule has 0 spiro atoms. The first kappa shape index (κ1) is 26.6. The summed E-state index contributed by atoms with van der Waals surface area (Å²) in [6.07, 6.45) is 1.06. The molecule has 0 atom stereocenters. The number of nitrogens with one attached hydrogen (secondary N) is 1. The average molecular weight is 498 g/mol. The standard InChI is InChI=1S/C22H31N3O6S2/c1-17(2)18-6-8-19(9-7-18)25(32(5,27)28)16-22(26)23-14-15-31-20-10-12-21(13-11-20)33(29,30)24(3)4/h6-13,17H,14-16H2,1-5H3,(H,23,26). The summed E-state index contributed by atoms with van der Waals surface area (Å²) in [6.45, 7) is 4.02. The van der Waals surface area contributed by atoms with Crippen LogP contribution in [0, 0.1) is 0 Å². The van der Waals surface area contributed by atoms with Crippen molar-refractivity contribution >= 4 is 31.6 Å². The van der Waals surface area contributed by atoms with E-state index < -0.39 is 26.0 Å². The number of anilines is 1. The van der Waals surface area contributed by atoms with Gasteiger partial charge in [0.1, 0.15) is 18.9 Å². The van der Waals surface area contributed by atoms with E-state index in [4.69, 9.17) is 4.74 Å². The molecular weight excluding hydrogens is 466 g/mol. The maximum absolute atomic E-state index is 12.3. The van der Waals surface area contributed by atoms with Gasteiger partial charge in [0.05, 0.1) is 23.4 Å². The van der Waals surface area contributed by atoms with Gasteiger partial charge in [-0.3, -0.25) is 9.10 Å². The van der Waals surface area contributed by atoms with Crippen LogP contribution in [0.2, 0.25) is 0 Å². The molecule has 182 valence electrons. The van der Waals surface area contributed by atoms with E-state index in [9.17, 15) is 21.6 Å². The fraction of sp³-hybridized carbons (Fsp3) is 0.409. The minimum atomic E-state index is -3.65. The monoisotopic (exact) mass is 497 g/mol. The van der Waals surface area contributed by atoms with Gasteiger partial charge >= 0.3 is 0 Å². The van der Waals surface area contributed by atoms with Crippen molar-refractivity contribution in [3.63, 3.8) is 0 Å². The van der Waals surface area contributed by atoms with Gasteiger partial charge in [-0.05, 0) is 47.9 Å². The third-order valence-electron chi connectivity index (χ3n) is 4.83. The number of rotatable bonds is 11. The Labute approximate surface area is 196 Å². The van der Waals surface area contributed by atoms with Crippen molar-refractivity contribution in [2.45, 2.75) is 24.7 Å². The highest BCUT2D eigenvalue weighted by atomic mass is 32.2. The predicted molar refractivity (Wildman–Crippen MR) is 129 cm³/mol. The van der Waals surface area contributed by atoms with E-state index in [0.29, 0.717) is 17.4 Å². The number of hydrogen-bond donors (Lipinski definition) is 1. The second kappa shape index (κ2) is 11.0. The number of benzene rings is 2. The molecule has 1 N–H and O–H groups in total. The van der Waals surface area contributed by atoms with Crippen molar-refractivity contribution in [1.29, 1.82) is 0 Å². The van der Waals surface area contributed by atoms with Crippen LogP contribution in [0.1, 0.15) is 25.3 Å². The first-order valence-electron chi connectivity index (χ1n) is 10.3. The van der Waals surface area contributed by atoms with Crippen LogP contribution in [0.5, 0.6) is 5.75 Å². The number of hydrogen-bond acceptors (Lipinski definition) is 6. The summed E-state index contributed by atoms with van der Waals surface area (Å²) < 4.78 is 56.3. The maximum atomic E-state index is 12.3. The number of amides is 1. The zero-order chi connectivity index (χ0) is 24.8. The molecule has 0 aliphatic rings. The van der Waals surface area contributed by atoms with Gasteiger partial charge in [-0.1, -0.05) is 26.0 Å². The molecule has 2 rings (SSSR count). The SMILES string of the molecule is CC(C)c1ccc(N(CC(=O)NCCOc2ccc(S(=O)(=O)N(C)C)cc2)S(C)(=O)=O)cc1. The second-order valence-electron chi connectivity index (χ2n) is 7.97. The molecule has 2 aromatic carbocycles. The van der Waals surface area contributed by atoms with Crippen LogP contribution in [0.15, 0.2) is 53.4 Å². The van der Waals surface area contributed by atoms with E-state index in [1.54, 1.807) is 12.1 Å². The van der Waals surface area contributed by atoms with Crippen LogP contribution in [-0.2, 0) is 24.8 Å². The highest BCUT2D eigenvalue weighted by molar-refractivity contribution is 7.92. The third-order valence-corrected chi connectivity index (χ3v) is 7.80. The summed E-state index contributed by atoms with van der Waals surface area (Å²) >= 11 is 0. The smallest absolute Gasteiger partial charge is 0.242 e. The summed E-state index contributed by atoms with van der Waals surface area (Å²) in [5, 5.41) is 2.63. The van der Waals surface area contributed by atoms with Gasteiger partial charge < -0.3 is 10.1 Å². The molecule has 0 bridgehead atoms. The van der Waals surface area contributed by atoms with E-state index in [-0.39, 0.29) is 24.6 Å². The Morgan fingerprint density at radius 1 is 0.970 bits per heavy atom. The topological polar surface area (TPSA) is 113 Å². The molecular formula is C22H31N3O6S2. The summed E-state index contributed by atoms with van der Waals surface area (Å²) in [6, 6.07) is 13.0. The van der Waals surface area contributed by atoms with E-state index >= 15 is 0 Å². The fourth-order valence-electron chi connectivity index (χ4n) is 2.89. The quantitative estimate of drug-likeness (QED) is 0.475. The molecule has 0 heterocycles. The Morgan fingerprint density at radius 2 is 1.55 bits per heavy atom. The third kappa shape index (κ3) is 7.44. The van der Waals surface area contributed by atoms with Crippen LogP contribution in [0.3, 0.4) is 0 Å². The number of ether oxygens (including phenoxy) is 1. The van der Waals surface area contributed by atoms with Gasteiger partial charge in [-0.25, -0.2) is 21.1 Å². The van der Waals surface area contributed by atoms with Crippen LogP contribution >= 0.6 is 0 Å². The van der Waals surface area contributed by atoms with Gasteiger partial charge in [-0.2, -0.15) is 0 Å². The number of sulfonamides is 2. The number of carbonyl (C=O) groups is 1. The summed E-state index contributed by atoms with van der Waals surface area (Å²) in [5.41, 5.74) is 1.49. The van der Waals surface area contributed by atoms with E-state index in [2.05, 4.69) is 5.32 Å². The summed E-state index contributed by atoms with van der Waals surface area (Å²) in [5.74, 6) is 0.289. The molecule has 33 heavy (non-hydrogen) atoms. The zero-order valence-electron chi connectivity index (χ0n) is 19.5. The molecule has 1 amide bonds. The van der Waals surface area contributed by atoms with Crippen LogP contribution in [-0.4, -0.2) is 67.1 Å². The molecule has 0 fully saturated rings. The molecule has 0 aliphatic carbocycles. The molecule has 0 saturated carbocycles. The van der Waals surface area contributed by atoms with Gasteiger partial charge in [0, 0.05) is 14.1 Å². The number of carbonyl (C=O) groups excluding carboxylic acids is 1. The predicted octanol–water partition coefficient (Wildman–Crippen LogP) is 2.02. The molecule has 2 aromatic rings. The highest BCUT2D eigenvalue weighted by Crippen LogP contribution is 2.22. The Kier molecular flexibility index (Phi) is 8.87. The Balaban J connectivity index is 1.90. The lowest BCUT2D eigenvalue weighted by molar-refractivity contribution is -0.119. The van der Waals surface area contributed by atoms with Crippen molar-refractivity contribution in [2.75, 3.05) is 44.4 Å². The summed E-state index contributed by atoms with van der Waals surface area (Å²) in [7, 11) is -4.27. The molecule has 0 aliphatic heterocycles. The van der Waals surface area contributed by atoms with Gasteiger partial charge in [0.2, 0.25) is 26.0 Å². The minimum absolute atomic E-state index is 0.132. The van der Waals surface area contributed by atoms with Crippen molar-refractivity contribution in [2.24, 2.45) is 0 Å². The van der Waals surface area contributed by atoms with Crippen LogP contribution in [0.25, 0.3) is 0 Å². The normalized spacial score (nSPS) is 12.1. The fourth-order valence-corrected chi connectivity index (χ4v) is 4.65. The Bertz CT molecular complexity index is 1140. The lowest BCUT2D eigenvalue weighted by Gasteiger charge is -2.22. The van der Waals surface area contributed by atoms with Crippen molar-refractivity contribution in [3.8, 4) is 5.75 Å². The van der Waals surface area contributed by atoms with E-state index in [0.717, 1.165) is 20.4 Å². The lowest BCUT2D eigenvalue weighted by Crippen LogP contribution is -2.41. The first-order valence-corrected chi connectivity index (χ1v) is 13.6. The maximum Gasteiger partial charge on any atom is 0.242 e. The molecule has 0 unspecified atom stereocenters. The molecule has 11 heteroatoms. The van der Waals surface area contributed by atoms with Gasteiger partial charge in [0.15, 0.2) is 0 Å². The molecule has 0 radical (unpaired) electrons. The largest absolute Gasteiger partial charge is 0.492 e. The van der Waals surface area contributed by atoms with E-state index in [1.807, 2.05) is 26.0 Å². The Morgan fingerprint density at radius 3 is 2.03 bits per heavy atom. The molecule has 9 nitrogen and oxygen atoms in total. The number of nitrogens with zero attached hydrogens (tertiary/aromatic N) is 2. The zero-order valence-corrected chi connectivity index (χ0v) is 21.1. The molecule has 0 saturated heterocycles. The van der Waals surface area contributed by atoms with Crippen molar-refractivity contribution in [3.05, 3.63) is 54.1 Å². The van der Waals surface area contributed by atoms with Crippen LogP contribution < -0.4 is 14.4 Å². The van der Waals surface area contributed by atoms with Gasteiger partial charge in [-0.15, -0.1) is 0 Å². The van der Waals surface area contributed by atoms with Crippen LogP contribution in [0.4, 0.5) is 5.69 Å². The lowest BCUT2D eigenvalue weighted by atomic mass is 10.0. The van der Waals surface area contributed by atoms with E-state index in [1.165, 1.54) is 38.4 Å². The molecule has 0 aromatic heterocycles. The van der Waals surface area contributed by atoms with Gasteiger partial charge in [0.25, 0.3) is 0 Å². The van der Waals surface area contributed by atoms with Crippen molar-refractivity contribution < 1.29 is 26.4 Å². The highest BCUT2D eigenvalue weighted by Gasteiger charge is 2.21. The minimum Gasteiger partial charge on any atom is -0.492 e. The van der Waals surface area contributed by atoms with Crippen molar-refractivity contribution in [1.82, 2.24) is 9.62 Å².